The second kappa shape index (κ2) is 7.36. The molecule has 110 valence electrons. The van der Waals surface area contributed by atoms with E-state index in [1.807, 2.05) is 17.2 Å². The molecule has 5 nitrogen and oxygen atoms in total. The third-order valence-corrected chi connectivity index (χ3v) is 3.66. The lowest BCUT2D eigenvalue weighted by Crippen LogP contribution is -2.35. The molecule has 1 atom stereocenters. The van der Waals surface area contributed by atoms with Gasteiger partial charge in [0.15, 0.2) is 0 Å². The smallest absolute Gasteiger partial charge is 0.219 e. The number of aromatic nitrogens is 1. The molecule has 1 aromatic rings. The Morgan fingerprint density at radius 1 is 1.45 bits per heavy atom. The molecule has 1 aliphatic heterocycles. The average molecular weight is 277 g/mol. The van der Waals surface area contributed by atoms with Crippen LogP contribution in [-0.4, -0.2) is 60.6 Å². The zero-order valence-corrected chi connectivity index (χ0v) is 12.3. The number of amides is 1. The third-order valence-electron chi connectivity index (χ3n) is 3.66. The van der Waals surface area contributed by atoms with Crippen LogP contribution in [0.15, 0.2) is 24.5 Å². The summed E-state index contributed by atoms with van der Waals surface area (Å²) in [6, 6.07) is 4.05. The van der Waals surface area contributed by atoms with Gasteiger partial charge < -0.3 is 9.64 Å². The Hall–Kier alpha value is -1.46. The molecule has 2 rings (SSSR count). The molecule has 1 amide bonds. The maximum absolute atomic E-state index is 11.6. The molecule has 0 aromatic carbocycles. The van der Waals surface area contributed by atoms with Crippen LogP contribution in [0.1, 0.15) is 12.5 Å². The molecule has 1 aromatic heterocycles. The fourth-order valence-electron chi connectivity index (χ4n) is 2.70. The summed E-state index contributed by atoms with van der Waals surface area (Å²) in [5.41, 5.74) is 1.21. The Morgan fingerprint density at radius 2 is 2.30 bits per heavy atom. The van der Waals surface area contributed by atoms with Crippen molar-refractivity contribution in [3.63, 3.8) is 0 Å². The number of ether oxygens (including phenoxy) is 1. The molecule has 0 bridgehead atoms. The van der Waals surface area contributed by atoms with Gasteiger partial charge in [-0.1, -0.05) is 6.07 Å². The van der Waals surface area contributed by atoms with Gasteiger partial charge >= 0.3 is 0 Å². The summed E-state index contributed by atoms with van der Waals surface area (Å²) in [5.74, 6) is 0.511. The van der Waals surface area contributed by atoms with Gasteiger partial charge in [0.25, 0.3) is 0 Å². The van der Waals surface area contributed by atoms with E-state index in [1.165, 1.54) is 5.56 Å². The van der Waals surface area contributed by atoms with Crippen molar-refractivity contribution in [2.45, 2.75) is 13.5 Å². The summed E-state index contributed by atoms with van der Waals surface area (Å²) in [5, 5.41) is 0. The molecular formula is C15H23N3O2. The summed E-state index contributed by atoms with van der Waals surface area (Å²) < 4.78 is 5.29. The summed E-state index contributed by atoms with van der Waals surface area (Å²) in [6.07, 6.45) is 3.69. The molecule has 0 spiro atoms. The van der Waals surface area contributed by atoms with E-state index in [0.29, 0.717) is 12.5 Å². The van der Waals surface area contributed by atoms with Gasteiger partial charge in [-0.25, -0.2) is 0 Å². The zero-order chi connectivity index (χ0) is 14.4. The minimum absolute atomic E-state index is 0.148. The lowest BCUT2D eigenvalue weighted by Gasteiger charge is -2.23. The summed E-state index contributed by atoms with van der Waals surface area (Å²) in [6.45, 7) is 6.62. The molecule has 0 unspecified atom stereocenters. The molecule has 1 fully saturated rings. The molecule has 0 aliphatic carbocycles. The van der Waals surface area contributed by atoms with Crippen molar-refractivity contribution in [2.24, 2.45) is 5.92 Å². The number of pyridine rings is 1. The Kier molecular flexibility index (Phi) is 5.49. The van der Waals surface area contributed by atoms with Crippen LogP contribution in [0.5, 0.6) is 0 Å². The van der Waals surface area contributed by atoms with E-state index in [4.69, 9.17) is 4.74 Å². The standard InChI is InChI=1S/C15H23N3O2/c1-13(19)18-7-6-17(10-15(11-18)12-20-2)9-14-4-3-5-16-8-14/h3-5,8,15H,6-7,9-12H2,1-2H3/t15-/m1/s1. The van der Waals surface area contributed by atoms with E-state index in [0.717, 1.165) is 32.7 Å². The average Bonchev–Trinajstić information content (AvgIpc) is 2.63. The molecule has 0 N–H and O–H groups in total. The maximum atomic E-state index is 11.6. The molecule has 2 heterocycles. The van der Waals surface area contributed by atoms with Gasteiger partial charge in [0, 0.05) is 65.1 Å². The number of rotatable bonds is 4. The van der Waals surface area contributed by atoms with E-state index in [9.17, 15) is 4.79 Å². The second-order valence-electron chi connectivity index (χ2n) is 5.38. The first-order chi connectivity index (χ1) is 9.69. The lowest BCUT2D eigenvalue weighted by molar-refractivity contribution is -0.129. The second-order valence-corrected chi connectivity index (χ2v) is 5.38. The molecule has 5 heteroatoms. The Labute approximate surface area is 120 Å². The van der Waals surface area contributed by atoms with Crippen molar-refractivity contribution in [2.75, 3.05) is 39.9 Å². The normalized spacial score (nSPS) is 20.7. The van der Waals surface area contributed by atoms with E-state index in [2.05, 4.69) is 16.0 Å². The van der Waals surface area contributed by atoms with Crippen LogP contribution in [0.2, 0.25) is 0 Å². The first-order valence-corrected chi connectivity index (χ1v) is 7.04. The number of methoxy groups -OCH3 is 1. The molecule has 1 saturated heterocycles. The van der Waals surface area contributed by atoms with Crippen LogP contribution in [0.25, 0.3) is 0 Å². The lowest BCUT2D eigenvalue weighted by atomic mass is 10.1. The number of carbonyl (C=O) groups excluding carboxylic acids is 1. The largest absolute Gasteiger partial charge is 0.384 e. The first-order valence-electron chi connectivity index (χ1n) is 7.04. The van der Waals surface area contributed by atoms with Crippen molar-refractivity contribution in [1.82, 2.24) is 14.8 Å². The topological polar surface area (TPSA) is 45.7 Å². The van der Waals surface area contributed by atoms with Crippen molar-refractivity contribution in [3.05, 3.63) is 30.1 Å². The number of carbonyl (C=O) groups is 1. The highest BCUT2D eigenvalue weighted by Gasteiger charge is 2.24. The quantitative estimate of drug-likeness (QED) is 0.824. The summed E-state index contributed by atoms with van der Waals surface area (Å²) >= 11 is 0. The Morgan fingerprint density at radius 3 is 2.95 bits per heavy atom. The van der Waals surface area contributed by atoms with Gasteiger partial charge in [-0.15, -0.1) is 0 Å². The fourth-order valence-corrected chi connectivity index (χ4v) is 2.70. The van der Waals surface area contributed by atoms with Gasteiger partial charge in [0.2, 0.25) is 5.91 Å². The maximum Gasteiger partial charge on any atom is 0.219 e. The van der Waals surface area contributed by atoms with Crippen molar-refractivity contribution in [3.8, 4) is 0 Å². The van der Waals surface area contributed by atoms with Crippen molar-refractivity contribution in [1.29, 1.82) is 0 Å². The fraction of sp³-hybridized carbons (Fsp3) is 0.600. The van der Waals surface area contributed by atoms with Crippen molar-refractivity contribution < 1.29 is 9.53 Å². The van der Waals surface area contributed by atoms with Crippen LogP contribution in [0.3, 0.4) is 0 Å². The highest BCUT2D eigenvalue weighted by molar-refractivity contribution is 5.73. The van der Waals surface area contributed by atoms with E-state index >= 15 is 0 Å². The van der Waals surface area contributed by atoms with Crippen LogP contribution in [0, 0.1) is 5.92 Å². The first kappa shape index (κ1) is 14.9. The van der Waals surface area contributed by atoms with E-state index < -0.39 is 0 Å². The van der Waals surface area contributed by atoms with Gasteiger partial charge in [0.05, 0.1) is 6.61 Å². The predicted molar refractivity (Wildman–Crippen MR) is 77.1 cm³/mol. The molecule has 20 heavy (non-hydrogen) atoms. The predicted octanol–water partition coefficient (Wildman–Crippen LogP) is 1.01. The number of hydrogen-bond acceptors (Lipinski definition) is 4. The minimum atomic E-state index is 0.148. The van der Waals surface area contributed by atoms with Gasteiger partial charge in [0.1, 0.15) is 0 Å². The van der Waals surface area contributed by atoms with Gasteiger partial charge in [-0.05, 0) is 11.6 Å². The van der Waals surface area contributed by atoms with Crippen LogP contribution in [0.4, 0.5) is 0 Å². The third kappa shape index (κ3) is 4.28. The SMILES string of the molecule is COC[C@@H]1CN(Cc2cccnc2)CCN(C(C)=O)C1. The molecule has 0 radical (unpaired) electrons. The van der Waals surface area contributed by atoms with Crippen LogP contribution in [-0.2, 0) is 16.1 Å². The molecule has 1 aliphatic rings. The van der Waals surface area contributed by atoms with Gasteiger partial charge in [-0.2, -0.15) is 0 Å². The van der Waals surface area contributed by atoms with E-state index in [-0.39, 0.29) is 5.91 Å². The Bertz CT molecular complexity index is 424. The highest BCUT2D eigenvalue weighted by Crippen LogP contribution is 2.13. The Balaban J connectivity index is 2.00. The minimum Gasteiger partial charge on any atom is -0.384 e. The monoisotopic (exact) mass is 277 g/mol. The van der Waals surface area contributed by atoms with Crippen LogP contribution >= 0.6 is 0 Å². The molecule has 0 saturated carbocycles. The number of hydrogen-bond donors (Lipinski definition) is 0. The highest BCUT2D eigenvalue weighted by atomic mass is 16.5. The van der Waals surface area contributed by atoms with Crippen LogP contribution < -0.4 is 0 Å². The molecular weight excluding hydrogens is 254 g/mol. The zero-order valence-electron chi connectivity index (χ0n) is 12.3. The number of nitrogens with zero attached hydrogens (tertiary/aromatic N) is 3. The van der Waals surface area contributed by atoms with Crippen molar-refractivity contribution >= 4 is 5.91 Å². The van der Waals surface area contributed by atoms with E-state index in [1.54, 1.807) is 20.2 Å². The summed E-state index contributed by atoms with van der Waals surface area (Å²) in [7, 11) is 1.72. The van der Waals surface area contributed by atoms with Gasteiger partial charge in [-0.3, -0.25) is 14.7 Å². The summed E-state index contributed by atoms with van der Waals surface area (Å²) in [4.78, 5) is 20.1.